The number of aliphatic hydroxyl groups excluding tert-OH is 1. The number of allylic oxidation sites excluding steroid dienone is 1. The number of amides is 1. The van der Waals surface area contributed by atoms with E-state index in [1.54, 1.807) is 6.08 Å². The second-order valence-corrected chi connectivity index (χ2v) is 11.5. The quantitative estimate of drug-likeness (QED) is 0.0829. The predicted molar refractivity (Wildman–Crippen MR) is 138 cm³/mol. The van der Waals surface area contributed by atoms with Crippen LogP contribution in [-0.4, -0.2) is 73.4 Å². The zero-order chi connectivity index (χ0) is 25.9. The smallest absolute Gasteiger partial charge is 0.387 e. The molecule has 0 aromatic carbocycles. The van der Waals surface area contributed by atoms with Crippen LogP contribution in [-0.2, 0) is 18.4 Å². The Bertz CT molecular complexity index is 594. The molecule has 0 saturated heterocycles. The van der Waals surface area contributed by atoms with Gasteiger partial charge in [0.05, 0.1) is 39.9 Å². The van der Waals surface area contributed by atoms with E-state index in [2.05, 4.69) is 19.2 Å². The Kier molecular flexibility index (Phi) is 19.0. The molecular formula is C25H52N2O6P+. The van der Waals surface area contributed by atoms with Gasteiger partial charge < -0.3 is 19.8 Å². The minimum Gasteiger partial charge on any atom is -0.387 e. The average Bonchev–Trinajstić information content (AvgIpc) is 2.74. The lowest BCUT2D eigenvalue weighted by Crippen LogP contribution is -2.45. The second-order valence-electron chi connectivity index (χ2n) is 10.1. The van der Waals surface area contributed by atoms with Gasteiger partial charge in [0.15, 0.2) is 0 Å². The third kappa shape index (κ3) is 20.6. The number of hydrogen-bond donors (Lipinski definition) is 3. The van der Waals surface area contributed by atoms with Crippen LogP contribution in [0.25, 0.3) is 0 Å². The van der Waals surface area contributed by atoms with Crippen molar-refractivity contribution in [2.45, 2.75) is 103 Å². The van der Waals surface area contributed by atoms with Crippen molar-refractivity contribution in [1.82, 2.24) is 5.32 Å². The number of nitrogens with zero attached hydrogens (tertiary/aromatic N) is 1. The van der Waals surface area contributed by atoms with E-state index in [1.807, 2.05) is 27.2 Å². The van der Waals surface area contributed by atoms with Gasteiger partial charge in [-0.2, -0.15) is 0 Å². The summed E-state index contributed by atoms with van der Waals surface area (Å²) in [5, 5.41) is 13.4. The van der Waals surface area contributed by atoms with Crippen LogP contribution < -0.4 is 5.32 Å². The number of phosphoric ester groups is 1. The monoisotopic (exact) mass is 507 g/mol. The largest absolute Gasteiger partial charge is 0.472 e. The molecule has 3 atom stereocenters. The molecule has 1 amide bonds. The molecule has 0 aliphatic carbocycles. The molecule has 0 aromatic rings. The first kappa shape index (κ1) is 33.2. The van der Waals surface area contributed by atoms with E-state index < -0.39 is 20.0 Å². The molecule has 34 heavy (non-hydrogen) atoms. The maximum Gasteiger partial charge on any atom is 0.472 e. The van der Waals surface area contributed by atoms with Crippen LogP contribution in [0.5, 0.6) is 0 Å². The molecule has 9 heteroatoms. The maximum absolute atomic E-state index is 12.4. The SMILES string of the molecule is CCCCCCCC/C=C/C(O)C(COP(=O)(O)OCC[N+](C)(C)C)NC(=O)CCCCCC. The van der Waals surface area contributed by atoms with Crippen molar-refractivity contribution in [2.75, 3.05) is 40.9 Å². The first-order valence-corrected chi connectivity index (χ1v) is 14.6. The molecule has 0 aliphatic heterocycles. The first-order valence-electron chi connectivity index (χ1n) is 13.1. The number of hydrogen-bond acceptors (Lipinski definition) is 5. The zero-order valence-corrected chi connectivity index (χ0v) is 23.2. The van der Waals surface area contributed by atoms with Crippen molar-refractivity contribution < 1.29 is 32.9 Å². The first-order chi connectivity index (χ1) is 16.0. The number of phosphoric acid groups is 1. The molecular weight excluding hydrogens is 455 g/mol. The topological polar surface area (TPSA) is 105 Å². The summed E-state index contributed by atoms with van der Waals surface area (Å²) in [6.45, 7) is 4.59. The molecule has 0 heterocycles. The highest BCUT2D eigenvalue weighted by molar-refractivity contribution is 7.47. The van der Waals surface area contributed by atoms with Crippen LogP contribution in [0.15, 0.2) is 12.2 Å². The van der Waals surface area contributed by atoms with Gasteiger partial charge in [0, 0.05) is 6.42 Å². The Morgan fingerprint density at radius 2 is 1.56 bits per heavy atom. The molecule has 3 unspecified atom stereocenters. The van der Waals surface area contributed by atoms with Crippen molar-refractivity contribution >= 4 is 13.7 Å². The lowest BCUT2D eigenvalue weighted by Gasteiger charge is -2.25. The summed E-state index contributed by atoms with van der Waals surface area (Å²) < 4.78 is 23.0. The van der Waals surface area contributed by atoms with Crippen molar-refractivity contribution in [3.63, 3.8) is 0 Å². The number of quaternary nitrogens is 1. The van der Waals surface area contributed by atoms with Crippen LogP contribution >= 0.6 is 7.82 Å². The van der Waals surface area contributed by atoms with E-state index in [0.717, 1.165) is 44.9 Å². The summed E-state index contributed by atoms with van der Waals surface area (Å²) in [7, 11) is 1.56. The number of nitrogens with one attached hydrogen (secondary N) is 1. The molecule has 0 radical (unpaired) electrons. The normalized spacial score (nSPS) is 15.9. The molecule has 0 aromatic heterocycles. The number of rotatable bonds is 22. The van der Waals surface area contributed by atoms with E-state index in [9.17, 15) is 19.4 Å². The average molecular weight is 508 g/mol. The van der Waals surface area contributed by atoms with Crippen LogP contribution in [0, 0.1) is 0 Å². The van der Waals surface area contributed by atoms with Gasteiger partial charge in [0.25, 0.3) is 0 Å². The van der Waals surface area contributed by atoms with Gasteiger partial charge in [-0.3, -0.25) is 13.8 Å². The Labute approximate surface area is 208 Å². The molecule has 0 saturated carbocycles. The Morgan fingerprint density at radius 1 is 0.971 bits per heavy atom. The van der Waals surface area contributed by atoms with Gasteiger partial charge >= 0.3 is 7.82 Å². The van der Waals surface area contributed by atoms with Gasteiger partial charge in [-0.25, -0.2) is 4.57 Å². The van der Waals surface area contributed by atoms with E-state index >= 15 is 0 Å². The number of carbonyl (C=O) groups is 1. The number of aliphatic hydroxyl groups is 1. The van der Waals surface area contributed by atoms with Crippen LogP contribution in [0.4, 0.5) is 0 Å². The van der Waals surface area contributed by atoms with E-state index in [1.165, 1.54) is 25.7 Å². The van der Waals surface area contributed by atoms with Crippen LogP contribution in [0.3, 0.4) is 0 Å². The summed E-state index contributed by atoms with van der Waals surface area (Å²) >= 11 is 0. The number of unbranched alkanes of at least 4 members (excludes halogenated alkanes) is 9. The molecule has 0 spiro atoms. The highest BCUT2D eigenvalue weighted by Crippen LogP contribution is 2.43. The fraction of sp³-hybridized carbons (Fsp3) is 0.880. The van der Waals surface area contributed by atoms with Gasteiger partial charge in [-0.15, -0.1) is 0 Å². The van der Waals surface area contributed by atoms with Gasteiger partial charge in [0.2, 0.25) is 5.91 Å². The van der Waals surface area contributed by atoms with Crippen molar-refractivity contribution in [1.29, 1.82) is 0 Å². The second kappa shape index (κ2) is 19.4. The van der Waals surface area contributed by atoms with Gasteiger partial charge in [-0.05, 0) is 19.3 Å². The molecule has 0 aliphatic rings. The third-order valence-electron chi connectivity index (χ3n) is 5.51. The summed E-state index contributed by atoms with van der Waals surface area (Å²) in [6, 6.07) is -0.832. The van der Waals surface area contributed by atoms with Crippen LogP contribution in [0.2, 0.25) is 0 Å². The van der Waals surface area contributed by atoms with Crippen LogP contribution in [0.1, 0.15) is 90.9 Å². The fourth-order valence-electron chi connectivity index (χ4n) is 3.27. The van der Waals surface area contributed by atoms with Crippen molar-refractivity contribution in [3.05, 3.63) is 12.2 Å². The molecule has 0 bridgehead atoms. The van der Waals surface area contributed by atoms with E-state index in [-0.39, 0.29) is 19.1 Å². The fourth-order valence-corrected chi connectivity index (χ4v) is 4.01. The minimum atomic E-state index is -4.29. The molecule has 3 N–H and O–H groups in total. The van der Waals surface area contributed by atoms with Crippen molar-refractivity contribution in [2.24, 2.45) is 0 Å². The summed E-state index contributed by atoms with van der Waals surface area (Å²) in [4.78, 5) is 22.4. The standard InChI is InChI=1S/C25H51N2O6P/c1-6-8-10-12-13-14-15-16-18-24(28)23(26-25(29)19-17-11-9-7-2)22-33-34(30,31)32-21-20-27(3,4)5/h16,18,23-24,28H,6-15,17,19-22H2,1-5H3,(H-,26,29,30,31)/p+1/b18-16+. The Morgan fingerprint density at radius 3 is 2.18 bits per heavy atom. The molecule has 0 fully saturated rings. The lowest BCUT2D eigenvalue weighted by atomic mass is 10.1. The summed E-state index contributed by atoms with van der Waals surface area (Å²) in [5.41, 5.74) is 0. The minimum absolute atomic E-state index is 0.0619. The molecule has 202 valence electrons. The lowest BCUT2D eigenvalue weighted by molar-refractivity contribution is -0.870. The van der Waals surface area contributed by atoms with E-state index in [4.69, 9.17) is 9.05 Å². The molecule has 8 nitrogen and oxygen atoms in total. The van der Waals surface area contributed by atoms with Gasteiger partial charge in [0.1, 0.15) is 13.2 Å². The Hall–Kier alpha value is -0.760. The molecule has 0 rings (SSSR count). The predicted octanol–water partition coefficient (Wildman–Crippen LogP) is 4.95. The van der Waals surface area contributed by atoms with E-state index in [0.29, 0.717) is 17.4 Å². The van der Waals surface area contributed by atoms with Gasteiger partial charge in [-0.1, -0.05) is 77.4 Å². The Balaban J connectivity index is 4.75. The summed E-state index contributed by atoms with van der Waals surface area (Å²) in [5.74, 6) is -0.202. The summed E-state index contributed by atoms with van der Waals surface area (Å²) in [6.07, 6.45) is 14.8. The highest BCUT2D eigenvalue weighted by Gasteiger charge is 2.27. The van der Waals surface area contributed by atoms with Crippen molar-refractivity contribution in [3.8, 4) is 0 Å². The highest BCUT2D eigenvalue weighted by atomic mass is 31.2. The zero-order valence-electron chi connectivity index (χ0n) is 22.3. The number of likely N-dealkylation sites (N-methyl/N-ethyl adjacent to an activating group) is 1. The third-order valence-corrected chi connectivity index (χ3v) is 6.49. The number of carbonyl (C=O) groups excluding carboxylic acids is 1. The maximum atomic E-state index is 12.4.